The van der Waals surface area contributed by atoms with Crippen LogP contribution in [-0.2, 0) is 0 Å². The minimum atomic E-state index is -0.163. The number of nitrogens with zero attached hydrogens (tertiary/aromatic N) is 3. The van der Waals surface area contributed by atoms with Crippen molar-refractivity contribution in [3.05, 3.63) is 18.2 Å². The molecule has 0 aliphatic heterocycles. The van der Waals surface area contributed by atoms with Gasteiger partial charge in [-0.3, -0.25) is 0 Å². The molecule has 132 valence electrons. The molecule has 2 N–H and O–H groups in total. The van der Waals surface area contributed by atoms with Crippen LogP contribution in [0.3, 0.4) is 0 Å². The molecule has 0 saturated heterocycles. The SMILES string of the molecule is CCCCN(CCCO)C(=O)Nc1ccc2nc(N(C)C)oc2c1. The Morgan fingerprint density at radius 2 is 2.04 bits per heavy atom. The number of carbonyl (C=O) groups is 1. The standard InChI is InChI=1S/C17H26N4O3/c1-4-5-9-21(10-6-11-22)16(23)18-13-7-8-14-15(12-13)24-17(19-14)20(2)3/h7-8,12,22H,4-6,9-11H2,1-3H3,(H,18,23). The number of urea groups is 1. The zero-order chi connectivity index (χ0) is 17.5. The molecule has 1 aromatic heterocycles. The first kappa shape index (κ1) is 18.1. The summed E-state index contributed by atoms with van der Waals surface area (Å²) in [5.74, 6) is 0. The van der Waals surface area contributed by atoms with Gasteiger partial charge in [0.1, 0.15) is 5.52 Å². The van der Waals surface area contributed by atoms with Crippen LogP contribution in [0.1, 0.15) is 26.2 Å². The summed E-state index contributed by atoms with van der Waals surface area (Å²) in [6.07, 6.45) is 2.52. The van der Waals surface area contributed by atoms with Crippen LogP contribution in [0, 0.1) is 0 Å². The van der Waals surface area contributed by atoms with Crippen LogP contribution in [0.2, 0.25) is 0 Å². The Morgan fingerprint density at radius 3 is 2.71 bits per heavy atom. The van der Waals surface area contributed by atoms with E-state index in [2.05, 4.69) is 17.2 Å². The number of hydrogen-bond acceptors (Lipinski definition) is 5. The number of oxazole rings is 1. The second kappa shape index (κ2) is 8.54. The van der Waals surface area contributed by atoms with Gasteiger partial charge in [0.15, 0.2) is 5.58 Å². The van der Waals surface area contributed by atoms with E-state index in [-0.39, 0.29) is 12.6 Å². The first-order chi connectivity index (χ1) is 11.5. The van der Waals surface area contributed by atoms with E-state index in [0.717, 1.165) is 18.4 Å². The first-order valence-electron chi connectivity index (χ1n) is 8.30. The smallest absolute Gasteiger partial charge is 0.321 e. The van der Waals surface area contributed by atoms with Crippen molar-refractivity contribution in [3.8, 4) is 0 Å². The molecule has 0 spiro atoms. The van der Waals surface area contributed by atoms with Gasteiger partial charge in [0, 0.05) is 45.5 Å². The van der Waals surface area contributed by atoms with Crippen LogP contribution in [0.25, 0.3) is 11.1 Å². The average Bonchev–Trinajstić information content (AvgIpc) is 2.98. The van der Waals surface area contributed by atoms with Crippen molar-refractivity contribution >= 4 is 28.8 Å². The molecule has 0 unspecified atom stereocenters. The van der Waals surface area contributed by atoms with Crippen LogP contribution >= 0.6 is 0 Å². The summed E-state index contributed by atoms with van der Waals surface area (Å²) in [4.78, 5) is 20.3. The molecule has 0 radical (unpaired) electrons. The number of aromatic nitrogens is 1. The third-order valence-corrected chi connectivity index (χ3v) is 3.67. The fourth-order valence-electron chi connectivity index (χ4n) is 2.31. The lowest BCUT2D eigenvalue weighted by Crippen LogP contribution is -2.36. The molecule has 0 aliphatic rings. The van der Waals surface area contributed by atoms with E-state index in [9.17, 15) is 4.79 Å². The highest BCUT2D eigenvalue weighted by molar-refractivity contribution is 5.91. The molecule has 1 aromatic carbocycles. The molecule has 1 heterocycles. The van der Waals surface area contributed by atoms with Gasteiger partial charge in [0.2, 0.25) is 0 Å². The Kier molecular flexibility index (Phi) is 6.43. The van der Waals surface area contributed by atoms with Crippen molar-refractivity contribution < 1.29 is 14.3 Å². The Hall–Kier alpha value is -2.28. The van der Waals surface area contributed by atoms with Crippen molar-refractivity contribution in [1.82, 2.24) is 9.88 Å². The fraction of sp³-hybridized carbons (Fsp3) is 0.529. The van der Waals surface area contributed by atoms with Crippen molar-refractivity contribution in [2.24, 2.45) is 0 Å². The number of benzene rings is 1. The quantitative estimate of drug-likeness (QED) is 0.776. The van der Waals surface area contributed by atoms with Crippen LogP contribution in [0.4, 0.5) is 16.5 Å². The lowest BCUT2D eigenvalue weighted by molar-refractivity contribution is 0.201. The second-order valence-electron chi connectivity index (χ2n) is 5.92. The molecule has 2 amide bonds. The summed E-state index contributed by atoms with van der Waals surface area (Å²) in [5.41, 5.74) is 2.05. The zero-order valence-corrected chi connectivity index (χ0v) is 14.6. The normalized spacial score (nSPS) is 10.8. The summed E-state index contributed by atoms with van der Waals surface area (Å²) in [6, 6.07) is 5.78. The molecule has 0 saturated carbocycles. The Bertz CT molecular complexity index is 661. The summed E-state index contributed by atoms with van der Waals surface area (Å²) in [6.45, 7) is 3.38. The molecule has 7 nitrogen and oxygen atoms in total. The van der Waals surface area contributed by atoms with Gasteiger partial charge in [-0.05, 0) is 25.0 Å². The molecular weight excluding hydrogens is 308 g/mol. The van der Waals surface area contributed by atoms with E-state index in [1.165, 1.54) is 0 Å². The highest BCUT2D eigenvalue weighted by Gasteiger charge is 2.14. The summed E-state index contributed by atoms with van der Waals surface area (Å²) >= 11 is 0. The van der Waals surface area contributed by atoms with E-state index in [4.69, 9.17) is 9.52 Å². The van der Waals surface area contributed by atoms with Gasteiger partial charge in [0.05, 0.1) is 0 Å². The van der Waals surface area contributed by atoms with E-state index in [0.29, 0.717) is 36.8 Å². The number of anilines is 2. The van der Waals surface area contributed by atoms with Gasteiger partial charge in [-0.25, -0.2) is 4.79 Å². The third kappa shape index (κ3) is 4.61. The number of aliphatic hydroxyl groups is 1. The van der Waals surface area contributed by atoms with Crippen LogP contribution in [-0.4, -0.2) is 54.8 Å². The molecule has 0 bridgehead atoms. The first-order valence-corrected chi connectivity index (χ1v) is 8.30. The lowest BCUT2D eigenvalue weighted by Gasteiger charge is -2.22. The van der Waals surface area contributed by atoms with Gasteiger partial charge >= 0.3 is 6.03 Å². The average molecular weight is 334 g/mol. The van der Waals surface area contributed by atoms with E-state index >= 15 is 0 Å². The number of nitrogens with one attached hydrogen (secondary N) is 1. The maximum atomic E-state index is 12.5. The number of carbonyl (C=O) groups excluding carboxylic acids is 1. The molecule has 7 heteroatoms. The Morgan fingerprint density at radius 1 is 1.29 bits per heavy atom. The number of hydrogen-bond donors (Lipinski definition) is 2. The Balaban J connectivity index is 2.09. The van der Waals surface area contributed by atoms with Crippen molar-refractivity contribution in [3.63, 3.8) is 0 Å². The molecule has 0 aliphatic carbocycles. The fourth-order valence-corrected chi connectivity index (χ4v) is 2.31. The lowest BCUT2D eigenvalue weighted by atomic mass is 10.3. The molecule has 0 atom stereocenters. The second-order valence-corrected chi connectivity index (χ2v) is 5.92. The summed E-state index contributed by atoms with van der Waals surface area (Å²) in [7, 11) is 3.72. The predicted molar refractivity (Wildman–Crippen MR) is 95.5 cm³/mol. The molecule has 2 rings (SSSR count). The maximum absolute atomic E-state index is 12.5. The third-order valence-electron chi connectivity index (χ3n) is 3.67. The number of aliphatic hydroxyl groups excluding tert-OH is 1. The van der Waals surface area contributed by atoms with E-state index in [1.54, 1.807) is 15.9 Å². The minimum absolute atomic E-state index is 0.0766. The van der Waals surface area contributed by atoms with Crippen LogP contribution < -0.4 is 10.2 Å². The van der Waals surface area contributed by atoms with E-state index < -0.39 is 0 Å². The van der Waals surface area contributed by atoms with Crippen molar-refractivity contribution in [2.75, 3.05) is 44.0 Å². The van der Waals surface area contributed by atoms with Crippen molar-refractivity contribution in [1.29, 1.82) is 0 Å². The van der Waals surface area contributed by atoms with Gasteiger partial charge in [-0.1, -0.05) is 13.3 Å². The zero-order valence-electron chi connectivity index (χ0n) is 14.6. The molecule has 0 fully saturated rings. The highest BCUT2D eigenvalue weighted by Crippen LogP contribution is 2.23. The topological polar surface area (TPSA) is 81.8 Å². The number of amides is 2. The number of rotatable bonds is 8. The Labute approximate surface area is 142 Å². The van der Waals surface area contributed by atoms with Gasteiger partial charge in [0.25, 0.3) is 6.01 Å². The molecule has 24 heavy (non-hydrogen) atoms. The monoisotopic (exact) mass is 334 g/mol. The minimum Gasteiger partial charge on any atom is -0.423 e. The maximum Gasteiger partial charge on any atom is 0.321 e. The summed E-state index contributed by atoms with van der Waals surface area (Å²) in [5, 5.41) is 11.9. The number of fused-ring (bicyclic) bond motifs is 1. The van der Waals surface area contributed by atoms with Gasteiger partial charge in [-0.2, -0.15) is 4.98 Å². The van der Waals surface area contributed by atoms with Gasteiger partial charge < -0.3 is 24.6 Å². The summed E-state index contributed by atoms with van der Waals surface area (Å²) < 4.78 is 5.66. The van der Waals surface area contributed by atoms with E-state index in [1.807, 2.05) is 26.2 Å². The van der Waals surface area contributed by atoms with Crippen molar-refractivity contribution in [2.45, 2.75) is 26.2 Å². The largest absolute Gasteiger partial charge is 0.423 e. The van der Waals surface area contributed by atoms with Gasteiger partial charge in [-0.15, -0.1) is 0 Å². The predicted octanol–water partition coefficient (Wildman–Crippen LogP) is 2.91. The molecular formula is C17H26N4O3. The van der Waals surface area contributed by atoms with Crippen LogP contribution in [0.15, 0.2) is 22.6 Å². The highest BCUT2D eigenvalue weighted by atomic mass is 16.4. The molecule has 2 aromatic rings. The number of unbranched alkanes of at least 4 members (excludes halogenated alkanes) is 1. The van der Waals surface area contributed by atoms with Crippen LogP contribution in [0.5, 0.6) is 0 Å².